The highest BCUT2D eigenvalue weighted by Gasteiger charge is 2.21. The van der Waals surface area contributed by atoms with E-state index in [-0.39, 0.29) is 11.1 Å². The van der Waals surface area contributed by atoms with E-state index in [1.807, 2.05) is 6.26 Å². The molecule has 1 aliphatic carbocycles. The number of aryl methyl sites for hydroxylation is 2. The predicted octanol–water partition coefficient (Wildman–Crippen LogP) is 3.35. The van der Waals surface area contributed by atoms with Gasteiger partial charge in [-0.25, -0.2) is 9.97 Å². The highest BCUT2D eigenvalue weighted by atomic mass is 32.2. The van der Waals surface area contributed by atoms with Crippen molar-refractivity contribution in [2.24, 2.45) is 7.05 Å². The summed E-state index contributed by atoms with van der Waals surface area (Å²) in [5, 5.41) is 5.69. The molecule has 0 aromatic carbocycles. The molecule has 0 bridgehead atoms. The average Bonchev–Trinajstić information content (AvgIpc) is 3.30. The largest absolute Gasteiger partial charge is 0.290 e. The van der Waals surface area contributed by atoms with Gasteiger partial charge in [0.05, 0.1) is 11.1 Å². The summed E-state index contributed by atoms with van der Waals surface area (Å²) in [7, 11) is 1.77. The molecule has 4 aromatic rings. The molecule has 0 saturated carbocycles. The first-order valence-corrected chi connectivity index (χ1v) is 13.0. The van der Waals surface area contributed by atoms with Crippen LogP contribution in [-0.4, -0.2) is 30.4 Å². The Morgan fingerprint density at radius 1 is 1.17 bits per heavy atom. The van der Waals surface area contributed by atoms with Crippen LogP contribution in [0.3, 0.4) is 0 Å². The summed E-state index contributed by atoms with van der Waals surface area (Å²) in [6.07, 6.45) is 6.26. The van der Waals surface area contributed by atoms with Crippen LogP contribution in [0, 0.1) is 0 Å². The molecule has 0 aliphatic heterocycles. The van der Waals surface area contributed by atoms with Gasteiger partial charge in [0.15, 0.2) is 9.50 Å². The molecule has 150 valence electrons. The number of hydrogen-bond acceptors (Lipinski definition) is 9. The lowest BCUT2D eigenvalue weighted by Gasteiger charge is -2.10. The van der Waals surface area contributed by atoms with Crippen molar-refractivity contribution in [1.82, 2.24) is 24.1 Å². The van der Waals surface area contributed by atoms with Crippen molar-refractivity contribution >= 4 is 61.4 Å². The first-order chi connectivity index (χ1) is 14.0. The smallest absolute Gasteiger partial charge is 0.275 e. The molecule has 11 heteroatoms. The quantitative estimate of drug-likeness (QED) is 0.339. The van der Waals surface area contributed by atoms with Gasteiger partial charge in [0, 0.05) is 23.7 Å². The molecule has 0 fully saturated rings. The number of thiophene rings is 1. The van der Waals surface area contributed by atoms with Crippen LogP contribution in [0.25, 0.3) is 15.2 Å². The van der Waals surface area contributed by atoms with Gasteiger partial charge in [-0.3, -0.25) is 14.2 Å². The fraction of sp³-hybridized carbons (Fsp3) is 0.389. The van der Waals surface area contributed by atoms with E-state index in [1.165, 1.54) is 62.3 Å². The Kier molecular flexibility index (Phi) is 5.01. The molecule has 0 N–H and O–H groups in total. The molecule has 0 radical (unpaired) electrons. The van der Waals surface area contributed by atoms with Crippen molar-refractivity contribution in [2.75, 3.05) is 6.26 Å². The summed E-state index contributed by atoms with van der Waals surface area (Å²) in [6, 6.07) is 1.50. The molecule has 0 unspecified atom stereocenters. The lowest BCUT2D eigenvalue weighted by molar-refractivity contribution is 0.695. The van der Waals surface area contributed by atoms with Crippen molar-refractivity contribution in [3.05, 3.63) is 42.9 Å². The number of nitrogens with zero attached hydrogens (tertiary/aromatic N) is 5. The first-order valence-electron chi connectivity index (χ1n) is 9.13. The Balaban J connectivity index is 1.49. The van der Waals surface area contributed by atoms with Gasteiger partial charge in [-0.15, -0.1) is 16.4 Å². The van der Waals surface area contributed by atoms with Crippen LogP contribution >= 0.6 is 46.2 Å². The zero-order valence-corrected chi connectivity index (χ0v) is 19.1. The number of rotatable bonds is 4. The lowest BCUT2D eigenvalue weighted by Crippen LogP contribution is -2.20. The molecule has 7 nitrogen and oxygen atoms in total. The molecule has 1 aliphatic rings. The van der Waals surface area contributed by atoms with E-state index in [1.54, 1.807) is 23.0 Å². The van der Waals surface area contributed by atoms with Crippen LogP contribution in [0.4, 0.5) is 0 Å². The SMILES string of the molecule is CSc1nn2c(=O)cc(CSc3nc4sc5c(c4c(=O)n3C)CCCC5)nc2s1. The minimum absolute atomic E-state index is 0.0208. The van der Waals surface area contributed by atoms with Crippen LogP contribution in [-0.2, 0) is 25.6 Å². The second kappa shape index (κ2) is 7.53. The third kappa shape index (κ3) is 3.33. The third-order valence-electron chi connectivity index (χ3n) is 4.96. The maximum absolute atomic E-state index is 13.0. The first kappa shape index (κ1) is 19.3. The fourth-order valence-corrected chi connectivity index (χ4v) is 7.08. The van der Waals surface area contributed by atoms with E-state index in [0.717, 1.165) is 33.8 Å². The Hall–Kier alpha value is -1.69. The van der Waals surface area contributed by atoms with Crippen LogP contribution in [0.1, 0.15) is 29.0 Å². The molecule has 0 saturated heterocycles. The minimum Gasteiger partial charge on any atom is -0.290 e. The zero-order chi connectivity index (χ0) is 20.1. The normalized spacial score (nSPS) is 14.0. The maximum Gasteiger partial charge on any atom is 0.275 e. The Morgan fingerprint density at radius 2 is 2.00 bits per heavy atom. The second-order valence-electron chi connectivity index (χ2n) is 6.79. The molecule has 29 heavy (non-hydrogen) atoms. The van der Waals surface area contributed by atoms with Crippen molar-refractivity contribution in [2.45, 2.75) is 40.9 Å². The van der Waals surface area contributed by atoms with Crippen molar-refractivity contribution in [1.29, 1.82) is 0 Å². The zero-order valence-electron chi connectivity index (χ0n) is 15.8. The van der Waals surface area contributed by atoms with Gasteiger partial charge < -0.3 is 0 Å². The Bertz CT molecular complexity index is 1370. The number of aromatic nitrogens is 5. The topological polar surface area (TPSA) is 82.2 Å². The van der Waals surface area contributed by atoms with Crippen LogP contribution in [0.5, 0.6) is 0 Å². The highest BCUT2D eigenvalue weighted by Crippen LogP contribution is 2.34. The summed E-state index contributed by atoms with van der Waals surface area (Å²) in [5.41, 5.74) is 1.70. The van der Waals surface area contributed by atoms with Gasteiger partial charge in [-0.2, -0.15) is 4.52 Å². The summed E-state index contributed by atoms with van der Waals surface area (Å²) in [4.78, 5) is 37.4. The summed E-state index contributed by atoms with van der Waals surface area (Å²) in [5.74, 6) is 0.467. The molecular formula is C18H17N5O2S4. The molecule has 0 amide bonds. The van der Waals surface area contributed by atoms with Crippen molar-refractivity contribution in [3.8, 4) is 0 Å². The summed E-state index contributed by atoms with van der Waals surface area (Å²) < 4.78 is 3.76. The summed E-state index contributed by atoms with van der Waals surface area (Å²) in [6.45, 7) is 0. The van der Waals surface area contributed by atoms with Gasteiger partial charge in [0.1, 0.15) is 4.83 Å². The molecule has 5 rings (SSSR count). The van der Waals surface area contributed by atoms with E-state index in [0.29, 0.717) is 21.6 Å². The second-order valence-corrected chi connectivity index (χ2v) is 10.8. The van der Waals surface area contributed by atoms with Crippen molar-refractivity contribution in [3.63, 3.8) is 0 Å². The van der Waals surface area contributed by atoms with E-state index in [9.17, 15) is 9.59 Å². The van der Waals surface area contributed by atoms with Crippen molar-refractivity contribution < 1.29 is 0 Å². The van der Waals surface area contributed by atoms with Crippen LogP contribution < -0.4 is 11.1 Å². The molecule has 4 heterocycles. The van der Waals surface area contributed by atoms with Gasteiger partial charge in [0.2, 0.25) is 4.96 Å². The van der Waals surface area contributed by atoms with E-state index in [4.69, 9.17) is 4.98 Å². The third-order valence-corrected chi connectivity index (χ3v) is 9.09. The standard InChI is InChI=1S/C18H17N5O2S4/c1-22-15(25)13-10-5-3-4-6-11(10)28-14(13)20-16(22)27-8-9-7-12(24)23-17(19-9)29-18(21-23)26-2/h7H,3-6,8H2,1-2H3. The average molecular weight is 464 g/mol. The predicted molar refractivity (Wildman–Crippen MR) is 120 cm³/mol. The Morgan fingerprint density at radius 3 is 2.83 bits per heavy atom. The molecule has 4 aromatic heterocycles. The molecule has 0 spiro atoms. The monoisotopic (exact) mass is 463 g/mol. The summed E-state index contributed by atoms with van der Waals surface area (Å²) >= 11 is 5.97. The van der Waals surface area contributed by atoms with Gasteiger partial charge in [-0.05, 0) is 37.5 Å². The number of hydrogen-bond donors (Lipinski definition) is 0. The van der Waals surface area contributed by atoms with Gasteiger partial charge in [-0.1, -0.05) is 34.9 Å². The number of fused-ring (bicyclic) bond motifs is 4. The molecule has 0 atom stereocenters. The van der Waals surface area contributed by atoms with E-state index >= 15 is 0 Å². The maximum atomic E-state index is 13.0. The van der Waals surface area contributed by atoms with Gasteiger partial charge >= 0.3 is 0 Å². The highest BCUT2D eigenvalue weighted by molar-refractivity contribution is 8.00. The number of thioether (sulfide) groups is 2. The Labute approximate surface area is 182 Å². The van der Waals surface area contributed by atoms with E-state index < -0.39 is 0 Å². The van der Waals surface area contributed by atoms with E-state index in [2.05, 4.69) is 10.1 Å². The molecular weight excluding hydrogens is 446 g/mol. The van der Waals surface area contributed by atoms with Gasteiger partial charge in [0.25, 0.3) is 11.1 Å². The minimum atomic E-state index is -0.189. The van der Waals surface area contributed by atoms with Crippen LogP contribution in [0.15, 0.2) is 25.2 Å². The fourth-order valence-electron chi connectivity index (χ4n) is 3.53. The van der Waals surface area contributed by atoms with Crippen LogP contribution in [0.2, 0.25) is 0 Å². The lowest BCUT2D eigenvalue weighted by atomic mass is 9.97.